The van der Waals surface area contributed by atoms with Crippen LogP contribution >= 0.6 is 0 Å². The molecule has 0 aliphatic rings. The van der Waals surface area contributed by atoms with Gasteiger partial charge in [0.25, 0.3) is 5.91 Å². The molecule has 1 amide bonds. The second-order valence-corrected chi connectivity index (χ2v) is 3.82. The predicted molar refractivity (Wildman–Crippen MR) is 66.2 cm³/mol. The van der Waals surface area contributed by atoms with Gasteiger partial charge in [0.05, 0.1) is 6.54 Å². The Morgan fingerprint density at radius 2 is 2.17 bits per heavy atom. The van der Waals surface area contributed by atoms with Crippen LogP contribution in [0, 0.1) is 0 Å². The fourth-order valence-electron chi connectivity index (χ4n) is 1.70. The van der Waals surface area contributed by atoms with E-state index in [1.807, 2.05) is 25.1 Å². The molecule has 0 saturated heterocycles. The van der Waals surface area contributed by atoms with E-state index in [1.165, 1.54) is 0 Å². The molecule has 0 bridgehead atoms. The fourth-order valence-corrected chi connectivity index (χ4v) is 1.70. The first kappa shape index (κ1) is 12.1. The summed E-state index contributed by atoms with van der Waals surface area (Å²) in [7, 11) is 0. The smallest absolute Gasteiger partial charge is 0.340 e. The lowest BCUT2D eigenvalue weighted by atomic mass is 10.0. The summed E-state index contributed by atoms with van der Waals surface area (Å²) in [5, 5.41) is 8.67. The van der Waals surface area contributed by atoms with Gasteiger partial charge in [-0.25, -0.2) is 9.89 Å². The van der Waals surface area contributed by atoms with E-state index in [-0.39, 0.29) is 18.1 Å². The lowest BCUT2D eigenvalue weighted by molar-refractivity contribution is 0.0949. The number of aryl methyl sites for hydroxylation is 1. The van der Waals surface area contributed by atoms with Crippen molar-refractivity contribution in [3.63, 3.8) is 0 Å². The van der Waals surface area contributed by atoms with Crippen LogP contribution in [0.3, 0.4) is 0 Å². The molecule has 1 aromatic heterocycles. The van der Waals surface area contributed by atoms with Gasteiger partial charge in [0, 0.05) is 5.56 Å². The third-order valence-electron chi connectivity index (χ3n) is 2.61. The summed E-state index contributed by atoms with van der Waals surface area (Å²) in [5.74, 6) is 0.235. The Bertz CT molecular complexity index is 600. The molecule has 0 radical (unpaired) electrons. The van der Waals surface area contributed by atoms with Crippen LogP contribution in [0.2, 0.25) is 0 Å². The summed E-state index contributed by atoms with van der Waals surface area (Å²) < 4.78 is 0. The SMILES string of the molecule is CCc1ccccc1C(=O)NCc1n[nH]c(=O)[nH]1. The van der Waals surface area contributed by atoms with E-state index in [9.17, 15) is 9.59 Å². The van der Waals surface area contributed by atoms with E-state index in [2.05, 4.69) is 20.5 Å². The highest BCUT2D eigenvalue weighted by molar-refractivity contribution is 5.95. The van der Waals surface area contributed by atoms with Gasteiger partial charge >= 0.3 is 5.69 Å². The van der Waals surface area contributed by atoms with Gasteiger partial charge in [-0.15, -0.1) is 0 Å². The number of aromatic nitrogens is 3. The average Bonchev–Trinajstić information content (AvgIpc) is 2.81. The molecule has 6 nitrogen and oxygen atoms in total. The number of H-pyrrole nitrogens is 2. The minimum atomic E-state index is -0.381. The number of rotatable bonds is 4. The minimum absolute atomic E-state index is 0.170. The maximum Gasteiger partial charge on any atom is 0.340 e. The maximum absolute atomic E-state index is 12.0. The Labute approximate surface area is 103 Å². The Morgan fingerprint density at radius 1 is 1.39 bits per heavy atom. The topological polar surface area (TPSA) is 90.6 Å². The van der Waals surface area contributed by atoms with E-state index in [0.717, 1.165) is 12.0 Å². The lowest BCUT2D eigenvalue weighted by Gasteiger charge is -2.07. The average molecular weight is 246 g/mol. The number of hydrogen-bond acceptors (Lipinski definition) is 3. The molecule has 0 aliphatic carbocycles. The predicted octanol–water partition coefficient (Wildman–Crippen LogP) is 0.590. The van der Waals surface area contributed by atoms with Gasteiger partial charge in [-0.1, -0.05) is 25.1 Å². The van der Waals surface area contributed by atoms with Crippen LogP contribution in [-0.2, 0) is 13.0 Å². The van der Waals surface area contributed by atoms with Crippen LogP contribution in [0.25, 0.3) is 0 Å². The van der Waals surface area contributed by atoms with Gasteiger partial charge in [-0.2, -0.15) is 5.10 Å². The molecule has 0 unspecified atom stereocenters. The highest BCUT2D eigenvalue weighted by atomic mass is 16.2. The third kappa shape index (κ3) is 2.65. The van der Waals surface area contributed by atoms with Crippen LogP contribution in [0.5, 0.6) is 0 Å². The van der Waals surface area contributed by atoms with Crippen LogP contribution in [0.1, 0.15) is 28.7 Å². The van der Waals surface area contributed by atoms with Crippen molar-refractivity contribution < 1.29 is 4.79 Å². The van der Waals surface area contributed by atoms with Gasteiger partial charge in [0.1, 0.15) is 5.82 Å². The second kappa shape index (κ2) is 5.31. The Balaban J connectivity index is 2.05. The molecule has 2 rings (SSSR count). The number of aromatic amines is 2. The quantitative estimate of drug-likeness (QED) is 0.737. The van der Waals surface area contributed by atoms with Crippen molar-refractivity contribution in [2.45, 2.75) is 19.9 Å². The molecular formula is C12H14N4O2. The second-order valence-electron chi connectivity index (χ2n) is 3.82. The summed E-state index contributed by atoms with van der Waals surface area (Å²) in [5.41, 5.74) is 1.26. The highest BCUT2D eigenvalue weighted by Crippen LogP contribution is 2.09. The zero-order valence-electron chi connectivity index (χ0n) is 9.99. The molecule has 6 heteroatoms. The van der Waals surface area contributed by atoms with Crippen molar-refractivity contribution >= 4 is 5.91 Å². The molecule has 18 heavy (non-hydrogen) atoms. The van der Waals surface area contributed by atoms with Gasteiger partial charge in [-0.3, -0.25) is 9.78 Å². The molecule has 94 valence electrons. The Morgan fingerprint density at radius 3 is 2.83 bits per heavy atom. The van der Waals surface area contributed by atoms with E-state index in [1.54, 1.807) is 6.07 Å². The number of benzene rings is 1. The molecule has 1 aromatic carbocycles. The lowest BCUT2D eigenvalue weighted by Crippen LogP contribution is -2.24. The molecule has 0 atom stereocenters. The van der Waals surface area contributed by atoms with E-state index >= 15 is 0 Å². The molecule has 0 saturated carbocycles. The van der Waals surface area contributed by atoms with Crippen molar-refractivity contribution in [3.8, 4) is 0 Å². The molecule has 3 N–H and O–H groups in total. The molecular weight excluding hydrogens is 232 g/mol. The first-order valence-electron chi connectivity index (χ1n) is 5.70. The zero-order valence-corrected chi connectivity index (χ0v) is 9.99. The fraction of sp³-hybridized carbons (Fsp3) is 0.250. The molecule has 2 aromatic rings. The maximum atomic E-state index is 12.0. The summed E-state index contributed by atoms with van der Waals surface area (Å²) in [6.07, 6.45) is 0.794. The monoisotopic (exact) mass is 246 g/mol. The van der Waals surface area contributed by atoms with Crippen molar-refractivity contribution in [2.75, 3.05) is 0 Å². The third-order valence-corrected chi connectivity index (χ3v) is 2.61. The molecule has 0 aliphatic heterocycles. The molecule has 0 fully saturated rings. The van der Waals surface area contributed by atoms with Crippen LogP contribution in [-0.4, -0.2) is 21.1 Å². The zero-order chi connectivity index (χ0) is 13.0. The van der Waals surface area contributed by atoms with Crippen molar-refractivity contribution in [2.24, 2.45) is 0 Å². The number of nitrogens with zero attached hydrogens (tertiary/aromatic N) is 1. The van der Waals surface area contributed by atoms with Crippen LogP contribution < -0.4 is 11.0 Å². The summed E-state index contributed by atoms with van der Waals surface area (Å²) in [6, 6.07) is 7.43. The first-order chi connectivity index (χ1) is 8.70. The number of nitrogens with one attached hydrogen (secondary N) is 3. The van der Waals surface area contributed by atoms with Gasteiger partial charge in [-0.05, 0) is 18.1 Å². The van der Waals surface area contributed by atoms with E-state index in [4.69, 9.17) is 0 Å². The van der Waals surface area contributed by atoms with Crippen LogP contribution in [0.4, 0.5) is 0 Å². The van der Waals surface area contributed by atoms with E-state index < -0.39 is 0 Å². The highest BCUT2D eigenvalue weighted by Gasteiger charge is 2.09. The molecule has 0 spiro atoms. The normalized spacial score (nSPS) is 10.3. The number of carbonyl (C=O) groups is 1. The van der Waals surface area contributed by atoms with Gasteiger partial charge in [0.2, 0.25) is 0 Å². The van der Waals surface area contributed by atoms with Crippen molar-refractivity contribution in [1.29, 1.82) is 0 Å². The summed E-state index contributed by atoms with van der Waals surface area (Å²) >= 11 is 0. The van der Waals surface area contributed by atoms with Gasteiger partial charge < -0.3 is 5.32 Å². The minimum Gasteiger partial charge on any atom is -0.345 e. The van der Waals surface area contributed by atoms with Crippen molar-refractivity contribution in [3.05, 3.63) is 51.7 Å². The number of amides is 1. The number of carbonyl (C=O) groups excluding carboxylic acids is 1. The number of hydrogen-bond donors (Lipinski definition) is 3. The van der Waals surface area contributed by atoms with Gasteiger partial charge in [0.15, 0.2) is 0 Å². The summed E-state index contributed by atoms with van der Waals surface area (Å²) in [6.45, 7) is 2.19. The standard InChI is InChI=1S/C12H14N4O2/c1-2-8-5-3-4-6-9(8)11(17)13-7-10-14-12(18)16-15-10/h3-6H,2,7H2,1H3,(H,13,17)(H2,14,15,16,18). The summed E-state index contributed by atoms with van der Waals surface area (Å²) in [4.78, 5) is 25.3. The largest absolute Gasteiger partial charge is 0.345 e. The Hall–Kier alpha value is -2.37. The Kier molecular flexibility index (Phi) is 3.57. The van der Waals surface area contributed by atoms with Crippen molar-refractivity contribution in [1.82, 2.24) is 20.5 Å². The van der Waals surface area contributed by atoms with E-state index in [0.29, 0.717) is 11.4 Å². The van der Waals surface area contributed by atoms with Crippen LogP contribution in [0.15, 0.2) is 29.1 Å². The first-order valence-corrected chi connectivity index (χ1v) is 5.70. The molecule has 1 heterocycles.